The van der Waals surface area contributed by atoms with Gasteiger partial charge in [0.05, 0.1) is 0 Å². The number of amidine groups is 1. The Balaban J connectivity index is 2.12. The molecule has 0 heterocycles. The molecule has 0 unspecified atom stereocenters. The molecule has 104 valence electrons. The van der Waals surface area contributed by atoms with Crippen molar-refractivity contribution in [2.24, 2.45) is 5.73 Å². The van der Waals surface area contributed by atoms with Crippen LogP contribution in [0.4, 0.5) is 4.39 Å². The molecular weight excluding hydrogens is 283 g/mol. The van der Waals surface area contributed by atoms with E-state index in [0.29, 0.717) is 5.56 Å². The molecule has 3 aromatic rings. The zero-order valence-electron chi connectivity index (χ0n) is 11.1. The molecule has 0 aliphatic carbocycles. The summed E-state index contributed by atoms with van der Waals surface area (Å²) in [5, 5.41) is 9.61. The van der Waals surface area contributed by atoms with Crippen molar-refractivity contribution in [3.05, 3.63) is 72.0 Å². The van der Waals surface area contributed by atoms with Gasteiger partial charge >= 0.3 is 0 Å². The molecule has 0 atom stereocenters. The lowest BCUT2D eigenvalue weighted by atomic mass is 10.0. The van der Waals surface area contributed by atoms with Crippen LogP contribution in [0.5, 0.6) is 0 Å². The van der Waals surface area contributed by atoms with Gasteiger partial charge in [-0.05, 0) is 41.1 Å². The fraction of sp³-hybridized carbons (Fsp3) is 0. The predicted molar refractivity (Wildman–Crippen MR) is 85.5 cm³/mol. The van der Waals surface area contributed by atoms with Gasteiger partial charge in [-0.1, -0.05) is 42.1 Å². The fourth-order valence-corrected chi connectivity index (χ4v) is 3.25. The van der Waals surface area contributed by atoms with E-state index in [4.69, 9.17) is 11.1 Å². The number of benzene rings is 3. The van der Waals surface area contributed by atoms with Gasteiger partial charge in [-0.25, -0.2) is 4.39 Å². The minimum atomic E-state index is -0.246. The Kier molecular flexibility index (Phi) is 3.62. The van der Waals surface area contributed by atoms with Crippen molar-refractivity contribution in [1.82, 2.24) is 0 Å². The first kappa shape index (κ1) is 13.6. The summed E-state index contributed by atoms with van der Waals surface area (Å²) in [6.45, 7) is 0. The minimum Gasteiger partial charge on any atom is -0.384 e. The number of hydrogen-bond acceptors (Lipinski definition) is 2. The van der Waals surface area contributed by atoms with Gasteiger partial charge in [0.15, 0.2) is 0 Å². The lowest BCUT2D eigenvalue weighted by molar-refractivity contribution is 0.624. The van der Waals surface area contributed by atoms with Crippen molar-refractivity contribution in [2.45, 2.75) is 9.79 Å². The second-order valence-electron chi connectivity index (χ2n) is 4.63. The summed E-state index contributed by atoms with van der Waals surface area (Å²) < 4.78 is 13.3. The lowest BCUT2D eigenvalue weighted by Crippen LogP contribution is -2.11. The van der Waals surface area contributed by atoms with E-state index in [2.05, 4.69) is 0 Å². The van der Waals surface area contributed by atoms with Crippen LogP contribution in [0.1, 0.15) is 5.56 Å². The summed E-state index contributed by atoms with van der Waals surface area (Å²) in [7, 11) is 0. The van der Waals surface area contributed by atoms with E-state index in [1.54, 1.807) is 6.07 Å². The van der Waals surface area contributed by atoms with Crippen molar-refractivity contribution in [3.8, 4) is 0 Å². The van der Waals surface area contributed by atoms with Crippen LogP contribution < -0.4 is 5.73 Å². The molecule has 0 amide bonds. The largest absolute Gasteiger partial charge is 0.384 e. The molecule has 0 aromatic heterocycles. The third-order valence-corrected chi connectivity index (χ3v) is 4.26. The Hall–Kier alpha value is -2.33. The Morgan fingerprint density at radius 1 is 0.952 bits per heavy atom. The molecule has 3 aromatic carbocycles. The van der Waals surface area contributed by atoms with E-state index in [1.807, 2.05) is 42.5 Å². The number of fused-ring (bicyclic) bond motifs is 1. The number of hydrogen-bond donors (Lipinski definition) is 2. The van der Waals surface area contributed by atoms with Crippen LogP contribution in [0.2, 0.25) is 0 Å². The smallest absolute Gasteiger partial charge is 0.124 e. The number of nitrogens with one attached hydrogen (secondary N) is 1. The first-order valence-electron chi connectivity index (χ1n) is 6.45. The summed E-state index contributed by atoms with van der Waals surface area (Å²) >= 11 is 1.50. The highest BCUT2D eigenvalue weighted by Gasteiger charge is 2.09. The molecule has 0 radical (unpaired) electrons. The zero-order valence-corrected chi connectivity index (χ0v) is 12.0. The molecule has 2 nitrogen and oxygen atoms in total. The molecule has 0 saturated carbocycles. The van der Waals surface area contributed by atoms with Crippen LogP contribution in [-0.4, -0.2) is 5.84 Å². The normalized spacial score (nSPS) is 10.7. The van der Waals surface area contributed by atoms with Crippen LogP contribution >= 0.6 is 11.8 Å². The molecule has 3 rings (SSSR count). The molecular formula is C17H13FN2S. The molecule has 0 bridgehead atoms. The zero-order chi connectivity index (χ0) is 14.8. The summed E-state index contributed by atoms with van der Waals surface area (Å²) in [5.41, 5.74) is 6.35. The van der Waals surface area contributed by atoms with E-state index < -0.39 is 0 Å². The quantitative estimate of drug-likeness (QED) is 0.555. The first-order valence-corrected chi connectivity index (χ1v) is 7.26. The summed E-state index contributed by atoms with van der Waals surface area (Å²) in [5.74, 6) is -0.196. The van der Waals surface area contributed by atoms with Crippen LogP contribution in [0.15, 0.2) is 70.5 Å². The van der Waals surface area contributed by atoms with Gasteiger partial charge in [-0.2, -0.15) is 0 Å². The minimum absolute atomic E-state index is 0.0495. The van der Waals surface area contributed by atoms with Gasteiger partial charge in [0.1, 0.15) is 11.7 Å². The molecule has 0 aliphatic heterocycles. The van der Waals surface area contributed by atoms with Crippen LogP contribution in [-0.2, 0) is 0 Å². The lowest BCUT2D eigenvalue weighted by Gasteiger charge is -2.10. The highest BCUT2D eigenvalue weighted by Crippen LogP contribution is 2.35. The van der Waals surface area contributed by atoms with Gasteiger partial charge < -0.3 is 5.73 Å². The monoisotopic (exact) mass is 296 g/mol. The number of nitrogens with two attached hydrogens (primary N) is 1. The topological polar surface area (TPSA) is 49.9 Å². The SMILES string of the molecule is N=C(N)c1ccc(Sc2cccc(F)c2)c2ccccc12. The average Bonchev–Trinajstić information content (AvgIpc) is 2.47. The summed E-state index contributed by atoms with van der Waals surface area (Å²) in [6.07, 6.45) is 0. The van der Waals surface area contributed by atoms with Gasteiger partial charge in [-0.3, -0.25) is 5.41 Å². The van der Waals surface area contributed by atoms with Crippen molar-refractivity contribution in [3.63, 3.8) is 0 Å². The van der Waals surface area contributed by atoms with Crippen molar-refractivity contribution >= 4 is 28.4 Å². The number of nitrogen functional groups attached to an aromatic ring is 1. The fourth-order valence-electron chi connectivity index (χ4n) is 2.25. The van der Waals surface area contributed by atoms with Crippen molar-refractivity contribution in [2.75, 3.05) is 0 Å². The van der Waals surface area contributed by atoms with Gasteiger partial charge in [0, 0.05) is 15.4 Å². The number of rotatable bonds is 3. The Morgan fingerprint density at radius 3 is 2.43 bits per heavy atom. The first-order chi connectivity index (χ1) is 10.1. The predicted octanol–water partition coefficient (Wildman–Crippen LogP) is 4.41. The van der Waals surface area contributed by atoms with Crippen LogP contribution in [0.25, 0.3) is 10.8 Å². The molecule has 3 N–H and O–H groups in total. The molecule has 21 heavy (non-hydrogen) atoms. The maximum Gasteiger partial charge on any atom is 0.124 e. The van der Waals surface area contributed by atoms with Gasteiger partial charge in [0.25, 0.3) is 0 Å². The van der Waals surface area contributed by atoms with E-state index >= 15 is 0 Å². The molecule has 0 saturated heterocycles. The highest BCUT2D eigenvalue weighted by molar-refractivity contribution is 7.99. The second-order valence-corrected chi connectivity index (χ2v) is 5.75. The van der Waals surface area contributed by atoms with Gasteiger partial charge in [0.2, 0.25) is 0 Å². The maximum absolute atomic E-state index is 13.3. The van der Waals surface area contributed by atoms with E-state index in [-0.39, 0.29) is 11.7 Å². The maximum atomic E-state index is 13.3. The summed E-state index contributed by atoms with van der Waals surface area (Å²) in [4.78, 5) is 1.86. The summed E-state index contributed by atoms with van der Waals surface area (Å²) in [6, 6.07) is 18.1. The van der Waals surface area contributed by atoms with Gasteiger partial charge in [-0.15, -0.1) is 0 Å². The van der Waals surface area contributed by atoms with Crippen molar-refractivity contribution < 1.29 is 4.39 Å². The van der Waals surface area contributed by atoms with E-state index in [0.717, 1.165) is 20.6 Å². The third-order valence-electron chi connectivity index (χ3n) is 3.20. The Morgan fingerprint density at radius 2 is 1.71 bits per heavy atom. The second kappa shape index (κ2) is 5.58. The Bertz CT molecular complexity index is 830. The molecule has 0 aliphatic rings. The van der Waals surface area contributed by atoms with Crippen molar-refractivity contribution in [1.29, 1.82) is 5.41 Å². The molecule has 0 fully saturated rings. The average molecular weight is 296 g/mol. The Labute approximate surface area is 126 Å². The molecule has 0 spiro atoms. The standard InChI is InChI=1S/C17H13FN2S/c18-11-4-3-5-12(10-11)21-16-9-8-15(17(19)20)13-6-1-2-7-14(13)16/h1-10H,(H3,19,20). The van der Waals surface area contributed by atoms with E-state index in [9.17, 15) is 4.39 Å². The van der Waals surface area contributed by atoms with Crippen LogP contribution in [0.3, 0.4) is 0 Å². The number of halogens is 1. The van der Waals surface area contributed by atoms with Crippen LogP contribution in [0, 0.1) is 11.2 Å². The molecule has 4 heteroatoms. The third kappa shape index (κ3) is 2.76. The highest BCUT2D eigenvalue weighted by atomic mass is 32.2. The van der Waals surface area contributed by atoms with E-state index in [1.165, 1.54) is 23.9 Å².